The maximum absolute atomic E-state index is 12.5. The van der Waals surface area contributed by atoms with Gasteiger partial charge < -0.3 is 14.8 Å². The molecule has 1 N–H and O–H groups in total. The molecule has 0 fully saturated rings. The monoisotopic (exact) mass is 368 g/mol. The second kappa shape index (κ2) is 8.22. The van der Waals surface area contributed by atoms with Crippen molar-refractivity contribution >= 4 is 17.4 Å². The lowest BCUT2D eigenvalue weighted by Crippen LogP contribution is -2.46. The first kappa shape index (κ1) is 18.9. The van der Waals surface area contributed by atoms with Gasteiger partial charge in [-0.05, 0) is 57.3 Å². The quantitative estimate of drug-likeness (QED) is 0.794. The van der Waals surface area contributed by atoms with E-state index in [1.807, 2.05) is 43.1 Å². The summed E-state index contributed by atoms with van der Waals surface area (Å²) in [6.45, 7) is 4.37. The Balaban J connectivity index is 1.54. The van der Waals surface area contributed by atoms with Gasteiger partial charge in [-0.3, -0.25) is 14.5 Å². The van der Waals surface area contributed by atoms with Crippen LogP contribution in [0.4, 0.5) is 5.69 Å². The maximum Gasteiger partial charge on any atom is 0.241 e. The van der Waals surface area contributed by atoms with Crippen LogP contribution in [0.5, 0.6) is 11.5 Å². The van der Waals surface area contributed by atoms with Crippen LogP contribution in [0, 0.1) is 0 Å². The third kappa shape index (κ3) is 4.65. The van der Waals surface area contributed by atoms with Crippen LogP contribution in [0.2, 0.25) is 0 Å². The number of para-hydroxylation sites is 2. The van der Waals surface area contributed by atoms with Gasteiger partial charge in [-0.25, -0.2) is 0 Å². The molecule has 0 radical (unpaired) electrons. The van der Waals surface area contributed by atoms with Crippen LogP contribution >= 0.6 is 0 Å². The average Bonchev–Trinajstić information content (AvgIpc) is 2.67. The lowest BCUT2D eigenvalue weighted by Gasteiger charge is -2.31. The number of ketones is 1. The van der Waals surface area contributed by atoms with Crippen molar-refractivity contribution in [1.82, 2.24) is 4.90 Å². The normalized spacial score (nSPS) is 16.7. The van der Waals surface area contributed by atoms with E-state index in [4.69, 9.17) is 9.47 Å². The third-order valence-corrected chi connectivity index (χ3v) is 4.66. The number of ether oxygens (including phenoxy) is 2. The lowest BCUT2D eigenvalue weighted by molar-refractivity contribution is -0.120. The zero-order chi connectivity index (χ0) is 19.4. The molecule has 0 bridgehead atoms. The van der Waals surface area contributed by atoms with E-state index in [2.05, 4.69) is 5.32 Å². The molecule has 1 aliphatic heterocycles. The number of carbonyl (C=O) groups excluding carboxylic acids is 2. The molecule has 6 nitrogen and oxygen atoms in total. The van der Waals surface area contributed by atoms with E-state index in [1.54, 1.807) is 24.3 Å². The summed E-state index contributed by atoms with van der Waals surface area (Å²) < 4.78 is 11.7. The molecule has 2 aromatic carbocycles. The Bertz CT molecular complexity index is 819. The van der Waals surface area contributed by atoms with E-state index >= 15 is 0 Å². The molecule has 142 valence electrons. The van der Waals surface area contributed by atoms with Crippen LogP contribution in [0.15, 0.2) is 48.5 Å². The number of hydrogen-bond acceptors (Lipinski definition) is 5. The topological polar surface area (TPSA) is 67.9 Å². The molecule has 0 aromatic heterocycles. The number of fused-ring (bicyclic) bond motifs is 1. The Hall–Kier alpha value is -2.86. The molecular formula is C21H24N2O4. The Kier molecular flexibility index (Phi) is 5.76. The molecule has 1 amide bonds. The van der Waals surface area contributed by atoms with Gasteiger partial charge in [0.15, 0.2) is 17.3 Å². The largest absolute Gasteiger partial charge is 0.486 e. The van der Waals surface area contributed by atoms with Crippen LogP contribution in [-0.2, 0) is 4.79 Å². The van der Waals surface area contributed by atoms with Crippen molar-refractivity contribution < 1.29 is 19.1 Å². The molecule has 0 saturated heterocycles. The third-order valence-electron chi connectivity index (χ3n) is 4.66. The molecule has 0 aliphatic carbocycles. The van der Waals surface area contributed by atoms with Gasteiger partial charge in [0.25, 0.3) is 0 Å². The Morgan fingerprint density at radius 3 is 2.48 bits per heavy atom. The second-order valence-corrected chi connectivity index (χ2v) is 6.74. The molecule has 6 heteroatoms. The number of anilines is 1. The Morgan fingerprint density at radius 1 is 1.15 bits per heavy atom. The minimum absolute atomic E-state index is 0.00254. The fraction of sp³-hybridized carbons (Fsp3) is 0.333. The molecule has 3 rings (SSSR count). The SMILES string of the molecule is CC(=O)c1ccc(NC(=O)[C@@H](C)N(C)C[C@@H]2COc3ccccc3O2)cc1. The van der Waals surface area contributed by atoms with Gasteiger partial charge in [-0.2, -0.15) is 0 Å². The van der Waals surface area contributed by atoms with E-state index in [0.717, 1.165) is 11.5 Å². The van der Waals surface area contributed by atoms with Gasteiger partial charge in [-0.1, -0.05) is 12.1 Å². The van der Waals surface area contributed by atoms with Gasteiger partial charge in [-0.15, -0.1) is 0 Å². The van der Waals surface area contributed by atoms with E-state index in [1.165, 1.54) is 6.92 Å². The van der Waals surface area contributed by atoms with Crippen LogP contribution in [-0.4, -0.2) is 48.9 Å². The molecule has 1 heterocycles. The van der Waals surface area contributed by atoms with Crippen molar-refractivity contribution in [3.8, 4) is 11.5 Å². The van der Waals surface area contributed by atoms with Crippen LogP contribution in [0.3, 0.4) is 0 Å². The minimum Gasteiger partial charge on any atom is -0.486 e. The number of amides is 1. The highest BCUT2D eigenvalue weighted by Crippen LogP contribution is 2.31. The predicted octanol–water partition coefficient (Wildman–Crippen LogP) is 2.99. The number of likely N-dealkylation sites (N-methyl/N-ethyl adjacent to an activating group) is 1. The highest BCUT2D eigenvalue weighted by molar-refractivity contribution is 5.96. The van der Waals surface area contributed by atoms with Crippen molar-refractivity contribution in [3.63, 3.8) is 0 Å². The number of nitrogens with zero attached hydrogens (tertiary/aromatic N) is 1. The van der Waals surface area contributed by atoms with Crippen molar-refractivity contribution in [2.24, 2.45) is 0 Å². The zero-order valence-electron chi connectivity index (χ0n) is 15.8. The van der Waals surface area contributed by atoms with E-state index < -0.39 is 0 Å². The first-order valence-electron chi connectivity index (χ1n) is 8.94. The van der Waals surface area contributed by atoms with Gasteiger partial charge in [0.2, 0.25) is 5.91 Å². The Labute approximate surface area is 159 Å². The molecule has 0 saturated carbocycles. The first-order valence-corrected chi connectivity index (χ1v) is 8.94. The summed E-state index contributed by atoms with van der Waals surface area (Å²) in [5, 5.41) is 2.88. The smallest absolute Gasteiger partial charge is 0.241 e. The number of hydrogen-bond donors (Lipinski definition) is 1. The van der Waals surface area contributed by atoms with Crippen molar-refractivity contribution in [3.05, 3.63) is 54.1 Å². The molecule has 2 atom stereocenters. The van der Waals surface area contributed by atoms with Gasteiger partial charge >= 0.3 is 0 Å². The van der Waals surface area contributed by atoms with Gasteiger partial charge in [0, 0.05) is 17.8 Å². The van der Waals surface area contributed by atoms with Crippen LogP contribution in [0.25, 0.3) is 0 Å². The van der Waals surface area contributed by atoms with Crippen molar-refractivity contribution in [2.75, 3.05) is 25.5 Å². The number of rotatable bonds is 6. The van der Waals surface area contributed by atoms with E-state index in [-0.39, 0.29) is 23.8 Å². The van der Waals surface area contributed by atoms with Crippen molar-refractivity contribution in [1.29, 1.82) is 0 Å². The lowest BCUT2D eigenvalue weighted by atomic mass is 10.1. The fourth-order valence-electron chi connectivity index (χ4n) is 2.87. The summed E-state index contributed by atoms with van der Waals surface area (Å²) >= 11 is 0. The summed E-state index contributed by atoms with van der Waals surface area (Å²) in [6.07, 6.45) is -0.144. The standard InChI is InChI=1S/C21H24N2O4/c1-14(21(25)22-17-10-8-16(9-11-17)15(2)24)23(3)12-18-13-26-19-6-4-5-7-20(19)27-18/h4-11,14,18H,12-13H2,1-3H3,(H,22,25)/t14-,18-/m1/s1. The average molecular weight is 368 g/mol. The molecular weight excluding hydrogens is 344 g/mol. The second-order valence-electron chi connectivity index (χ2n) is 6.74. The molecule has 1 aliphatic rings. The van der Waals surface area contributed by atoms with Crippen LogP contribution in [0.1, 0.15) is 24.2 Å². The van der Waals surface area contributed by atoms with Crippen LogP contribution < -0.4 is 14.8 Å². The first-order chi connectivity index (χ1) is 12.9. The van der Waals surface area contributed by atoms with Gasteiger partial charge in [0.1, 0.15) is 12.7 Å². The Morgan fingerprint density at radius 2 is 1.81 bits per heavy atom. The summed E-state index contributed by atoms with van der Waals surface area (Å²) in [6, 6.07) is 14.1. The summed E-state index contributed by atoms with van der Waals surface area (Å²) in [4.78, 5) is 25.8. The number of Topliss-reactive ketones (excluding diaryl/α,β-unsaturated/α-hetero) is 1. The molecule has 2 aromatic rings. The summed E-state index contributed by atoms with van der Waals surface area (Å²) in [5.74, 6) is 1.35. The van der Waals surface area contributed by atoms with E-state index in [0.29, 0.717) is 24.4 Å². The summed E-state index contributed by atoms with van der Waals surface area (Å²) in [7, 11) is 1.88. The number of benzene rings is 2. The number of nitrogens with one attached hydrogen (secondary N) is 1. The van der Waals surface area contributed by atoms with Gasteiger partial charge in [0.05, 0.1) is 6.04 Å². The molecule has 0 unspecified atom stereocenters. The summed E-state index contributed by atoms with van der Waals surface area (Å²) in [5.41, 5.74) is 1.28. The maximum atomic E-state index is 12.5. The molecule has 0 spiro atoms. The van der Waals surface area contributed by atoms with Crippen molar-refractivity contribution in [2.45, 2.75) is 26.0 Å². The predicted molar refractivity (Wildman–Crippen MR) is 104 cm³/mol. The highest BCUT2D eigenvalue weighted by atomic mass is 16.6. The number of carbonyl (C=O) groups is 2. The highest BCUT2D eigenvalue weighted by Gasteiger charge is 2.26. The molecule has 27 heavy (non-hydrogen) atoms. The van der Waals surface area contributed by atoms with E-state index in [9.17, 15) is 9.59 Å². The fourth-order valence-corrected chi connectivity index (χ4v) is 2.87. The zero-order valence-corrected chi connectivity index (χ0v) is 15.8. The minimum atomic E-state index is -0.349.